The monoisotopic (exact) mass is 337 g/mol. The van der Waals surface area contributed by atoms with Crippen LogP contribution in [0.1, 0.15) is 24.5 Å². The third-order valence-electron chi connectivity index (χ3n) is 3.72. The van der Waals surface area contributed by atoms with E-state index >= 15 is 0 Å². The van der Waals surface area contributed by atoms with Crippen molar-refractivity contribution in [2.24, 2.45) is 10.2 Å². The predicted octanol–water partition coefficient (Wildman–Crippen LogP) is 3.93. The van der Waals surface area contributed by atoms with Crippen molar-refractivity contribution >= 4 is 29.1 Å². The van der Waals surface area contributed by atoms with Crippen molar-refractivity contribution in [3.63, 3.8) is 0 Å². The van der Waals surface area contributed by atoms with Gasteiger partial charge < -0.3 is 0 Å². The second-order valence-corrected chi connectivity index (χ2v) is 6.63. The van der Waals surface area contributed by atoms with E-state index in [1.807, 2.05) is 67.6 Å². The largest absolute Gasteiger partial charge is 0.284 e. The zero-order valence-electron chi connectivity index (χ0n) is 13.5. The van der Waals surface area contributed by atoms with Gasteiger partial charge in [-0.1, -0.05) is 79.3 Å². The Labute approximate surface area is 146 Å². The molecule has 122 valence electrons. The van der Waals surface area contributed by atoms with Gasteiger partial charge in [-0.25, -0.2) is 0 Å². The first-order valence-corrected chi connectivity index (χ1v) is 8.84. The smallest absolute Gasteiger partial charge is 0.242 e. The summed E-state index contributed by atoms with van der Waals surface area (Å²) in [7, 11) is 0. The van der Waals surface area contributed by atoms with Crippen LogP contribution in [0.15, 0.2) is 70.9 Å². The molecule has 0 saturated carbocycles. The fourth-order valence-electron chi connectivity index (χ4n) is 2.44. The molecule has 0 aliphatic carbocycles. The Morgan fingerprint density at radius 2 is 1.75 bits per heavy atom. The van der Waals surface area contributed by atoms with Crippen molar-refractivity contribution in [2.45, 2.75) is 25.1 Å². The van der Waals surface area contributed by atoms with Gasteiger partial charge in [-0.2, -0.15) is 5.10 Å². The minimum atomic E-state index is -0.0700. The van der Waals surface area contributed by atoms with Gasteiger partial charge in [0.25, 0.3) is 0 Å². The van der Waals surface area contributed by atoms with E-state index in [4.69, 9.17) is 0 Å². The van der Waals surface area contributed by atoms with Crippen LogP contribution >= 0.6 is 11.8 Å². The molecule has 0 bridgehead atoms. The van der Waals surface area contributed by atoms with Gasteiger partial charge in [0.1, 0.15) is 0 Å². The van der Waals surface area contributed by atoms with Gasteiger partial charge in [-0.05, 0) is 17.5 Å². The maximum absolute atomic E-state index is 12.6. The molecule has 4 nitrogen and oxygen atoms in total. The Morgan fingerprint density at radius 3 is 2.42 bits per heavy atom. The zero-order chi connectivity index (χ0) is 16.8. The molecule has 2 aromatic carbocycles. The van der Waals surface area contributed by atoms with Crippen LogP contribution in [-0.4, -0.2) is 27.4 Å². The SMILES string of the molecule is CCC1S/C(=N/N=C/c2ccccc2)N(Cc2ccccc2)C1=O. The number of benzene rings is 2. The van der Waals surface area contributed by atoms with E-state index in [-0.39, 0.29) is 11.2 Å². The summed E-state index contributed by atoms with van der Waals surface area (Å²) in [4.78, 5) is 14.3. The highest BCUT2D eigenvalue weighted by Crippen LogP contribution is 2.30. The van der Waals surface area contributed by atoms with Gasteiger partial charge >= 0.3 is 0 Å². The summed E-state index contributed by atoms with van der Waals surface area (Å²) in [6.45, 7) is 2.55. The average molecular weight is 337 g/mol. The number of amidine groups is 1. The van der Waals surface area contributed by atoms with Crippen LogP contribution in [0, 0.1) is 0 Å². The normalized spacial score (nSPS) is 19.5. The number of carbonyl (C=O) groups excluding carboxylic acids is 1. The average Bonchev–Trinajstić information content (AvgIpc) is 2.92. The summed E-state index contributed by atoms with van der Waals surface area (Å²) in [6.07, 6.45) is 2.49. The van der Waals surface area contributed by atoms with Crippen molar-refractivity contribution in [3.8, 4) is 0 Å². The fraction of sp³-hybridized carbons (Fsp3) is 0.211. The number of hydrogen-bond acceptors (Lipinski definition) is 4. The first-order valence-electron chi connectivity index (χ1n) is 7.96. The van der Waals surface area contributed by atoms with Crippen LogP contribution in [-0.2, 0) is 11.3 Å². The molecule has 1 unspecified atom stereocenters. The Kier molecular flexibility index (Phi) is 5.43. The second kappa shape index (κ2) is 7.93. The van der Waals surface area contributed by atoms with E-state index in [1.54, 1.807) is 11.1 Å². The van der Waals surface area contributed by atoms with Crippen LogP contribution in [0.4, 0.5) is 0 Å². The van der Waals surface area contributed by atoms with Crippen LogP contribution in [0.5, 0.6) is 0 Å². The summed E-state index contributed by atoms with van der Waals surface area (Å²) < 4.78 is 0. The molecular weight excluding hydrogens is 318 g/mol. The molecule has 1 atom stereocenters. The molecule has 5 heteroatoms. The second-order valence-electron chi connectivity index (χ2n) is 5.46. The Hall–Kier alpha value is -2.40. The molecule has 3 rings (SSSR count). The number of carbonyl (C=O) groups is 1. The molecule has 1 amide bonds. The van der Waals surface area contributed by atoms with Gasteiger partial charge in [0.15, 0.2) is 5.17 Å². The van der Waals surface area contributed by atoms with E-state index in [0.717, 1.165) is 17.5 Å². The highest BCUT2D eigenvalue weighted by molar-refractivity contribution is 8.15. The summed E-state index contributed by atoms with van der Waals surface area (Å²) >= 11 is 1.49. The van der Waals surface area contributed by atoms with E-state index in [0.29, 0.717) is 11.7 Å². The van der Waals surface area contributed by atoms with Crippen molar-refractivity contribution in [2.75, 3.05) is 0 Å². The molecule has 1 aliphatic heterocycles. The summed E-state index contributed by atoms with van der Waals surface area (Å²) in [5.74, 6) is 0.111. The van der Waals surface area contributed by atoms with Gasteiger partial charge in [-0.3, -0.25) is 9.69 Å². The minimum Gasteiger partial charge on any atom is -0.284 e. The predicted molar refractivity (Wildman–Crippen MR) is 100 cm³/mol. The molecule has 0 aromatic heterocycles. The topological polar surface area (TPSA) is 45.0 Å². The van der Waals surface area contributed by atoms with Gasteiger partial charge in [0.2, 0.25) is 5.91 Å². The molecule has 1 fully saturated rings. The quantitative estimate of drug-likeness (QED) is 0.613. The van der Waals surface area contributed by atoms with E-state index in [2.05, 4.69) is 10.2 Å². The maximum atomic E-state index is 12.6. The van der Waals surface area contributed by atoms with Crippen molar-refractivity contribution in [1.82, 2.24) is 4.90 Å². The molecule has 1 heterocycles. The minimum absolute atomic E-state index is 0.0700. The summed E-state index contributed by atoms with van der Waals surface area (Å²) in [5, 5.41) is 9.07. The highest BCUT2D eigenvalue weighted by Gasteiger charge is 2.36. The summed E-state index contributed by atoms with van der Waals surface area (Å²) in [6, 6.07) is 19.8. The molecule has 0 radical (unpaired) electrons. The Bertz CT molecular complexity index is 744. The number of nitrogens with zero attached hydrogens (tertiary/aromatic N) is 3. The van der Waals surface area contributed by atoms with E-state index < -0.39 is 0 Å². The number of hydrogen-bond donors (Lipinski definition) is 0. The van der Waals surface area contributed by atoms with Gasteiger partial charge in [0.05, 0.1) is 18.0 Å². The lowest BCUT2D eigenvalue weighted by atomic mass is 10.2. The van der Waals surface area contributed by atoms with Crippen molar-refractivity contribution in [1.29, 1.82) is 0 Å². The Morgan fingerprint density at radius 1 is 1.08 bits per heavy atom. The van der Waals surface area contributed by atoms with Crippen molar-refractivity contribution in [3.05, 3.63) is 71.8 Å². The molecule has 2 aromatic rings. The molecule has 24 heavy (non-hydrogen) atoms. The number of rotatable bonds is 5. The van der Waals surface area contributed by atoms with E-state index in [9.17, 15) is 4.79 Å². The highest BCUT2D eigenvalue weighted by atomic mass is 32.2. The first kappa shape index (κ1) is 16.5. The van der Waals surface area contributed by atoms with Gasteiger partial charge in [-0.15, -0.1) is 5.10 Å². The molecule has 0 spiro atoms. The lowest BCUT2D eigenvalue weighted by Crippen LogP contribution is -2.31. The third kappa shape index (κ3) is 3.92. The van der Waals surface area contributed by atoms with Crippen molar-refractivity contribution < 1.29 is 4.79 Å². The standard InChI is InChI=1S/C19H19N3OS/c1-2-17-18(23)22(14-16-11-7-4-8-12-16)19(24-17)21-20-13-15-9-5-3-6-10-15/h3-13,17H,2,14H2,1H3/b20-13+,21-19+. The fourth-order valence-corrected chi connectivity index (χ4v) is 3.47. The van der Waals surface area contributed by atoms with Gasteiger partial charge in [0, 0.05) is 0 Å². The van der Waals surface area contributed by atoms with Crippen LogP contribution in [0.3, 0.4) is 0 Å². The van der Waals surface area contributed by atoms with Crippen LogP contribution in [0.25, 0.3) is 0 Å². The zero-order valence-corrected chi connectivity index (χ0v) is 14.3. The summed E-state index contributed by atoms with van der Waals surface area (Å²) in [5.41, 5.74) is 2.07. The maximum Gasteiger partial charge on any atom is 0.242 e. The molecular formula is C19H19N3OS. The molecule has 0 N–H and O–H groups in total. The van der Waals surface area contributed by atoms with E-state index in [1.165, 1.54) is 11.8 Å². The van der Waals surface area contributed by atoms with Crippen LogP contribution in [0.2, 0.25) is 0 Å². The Balaban J connectivity index is 1.79. The van der Waals surface area contributed by atoms with Crippen LogP contribution < -0.4 is 0 Å². The lowest BCUT2D eigenvalue weighted by molar-refractivity contribution is -0.126. The molecule has 1 aliphatic rings. The first-order chi connectivity index (χ1) is 11.8. The third-order valence-corrected chi connectivity index (χ3v) is 5.06. The number of thioether (sulfide) groups is 1. The number of amides is 1. The lowest BCUT2D eigenvalue weighted by Gasteiger charge is -2.15. The molecule has 1 saturated heterocycles.